The Labute approximate surface area is 136 Å². The lowest BCUT2D eigenvalue weighted by Crippen LogP contribution is -2.16. The number of hydrogen-bond donors (Lipinski definition) is 2. The summed E-state index contributed by atoms with van der Waals surface area (Å²) >= 11 is 5.47. The van der Waals surface area contributed by atoms with E-state index in [0.29, 0.717) is 24.8 Å². The summed E-state index contributed by atoms with van der Waals surface area (Å²) in [6.45, 7) is 0.124. The lowest BCUT2D eigenvalue weighted by atomic mass is 9.87. The largest absolute Gasteiger partial charge is 0.507 e. The van der Waals surface area contributed by atoms with Crippen LogP contribution in [0.2, 0.25) is 0 Å². The van der Waals surface area contributed by atoms with Gasteiger partial charge in [-0.15, -0.1) is 0 Å². The molecule has 1 atom stereocenters. The number of aromatic hydroxyl groups is 1. The van der Waals surface area contributed by atoms with E-state index < -0.39 is 0 Å². The van der Waals surface area contributed by atoms with E-state index >= 15 is 0 Å². The number of allylic oxidation sites excluding steroid dienone is 2. The average molecular weight is 318 g/mol. The molecule has 1 unspecified atom stereocenters. The normalized spacial score (nSPS) is 23.0. The molecule has 0 heterocycles. The highest BCUT2D eigenvalue weighted by atomic mass is 32.1. The highest BCUT2D eigenvalue weighted by Crippen LogP contribution is 2.31. The lowest BCUT2D eigenvalue weighted by molar-refractivity contribution is -0.114. The molecular formula is C18H22O3S. The van der Waals surface area contributed by atoms with Gasteiger partial charge in [0.05, 0.1) is 0 Å². The molecule has 0 amide bonds. The molecule has 4 heteroatoms. The molecule has 0 aliphatic heterocycles. The van der Waals surface area contributed by atoms with Crippen molar-refractivity contribution in [2.75, 3.05) is 6.61 Å². The molecule has 1 aromatic carbocycles. The van der Waals surface area contributed by atoms with Crippen LogP contribution in [0.3, 0.4) is 0 Å². The first-order valence-corrected chi connectivity index (χ1v) is 8.18. The average Bonchev–Trinajstić information content (AvgIpc) is 2.50. The molecule has 0 saturated heterocycles. The fourth-order valence-corrected chi connectivity index (χ4v) is 3.27. The summed E-state index contributed by atoms with van der Waals surface area (Å²) in [5.41, 5.74) is 1.57. The standard InChI is InChI=1S/C18H22O3S/c19-11-10-13-8-9-14(16-5-1-2-6-17(16)21)12-15(20)4-3-7-18(13)22/h1-2,5-6,12-13,19,21H,3-4,7-11H2/b14-12+. The van der Waals surface area contributed by atoms with Crippen LogP contribution in [0.15, 0.2) is 30.3 Å². The number of aliphatic hydroxyl groups excluding tert-OH is 1. The zero-order valence-electron chi connectivity index (χ0n) is 12.6. The third-order valence-electron chi connectivity index (χ3n) is 4.13. The van der Waals surface area contributed by atoms with Crippen LogP contribution in [0.25, 0.3) is 5.57 Å². The molecule has 22 heavy (non-hydrogen) atoms. The van der Waals surface area contributed by atoms with Gasteiger partial charge in [0.1, 0.15) is 5.75 Å². The topological polar surface area (TPSA) is 57.5 Å². The summed E-state index contributed by atoms with van der Waals surface area (Å²) < 4.78 is 0. The first kappa shape index (κ1) is 16.8. The van der Waals surface area contributed by atoms with Crippen LogP contribution in [0, 0.1) is 5.92 Å². The summed E-state index contributed by atoms with van der Waals surface area (Å²) in [7, 11) is 0. The maximum absolute atomic E-state index is 12.1. The van der Waals surface area contributed by atoms with Crippen molar-refractivity contribution < 1.29 is 15.0 Å². The van der Waals surface area contributed by atoms with Crippen molar-refractivity contribution in [1.29, 1.82) is 0 Å². The molecule has 118 valence electrons. The van der Waals surface area contributed by atoms with Gasteiger partial charge in [0.2, 0.25) is 0 Å². The van der Waals surface area contributed by atoms with Crippen molar-refractivity contribution in [3.8, 4) is 5.75 Å². The molecule has 1 aliphatic carbocycles. The predicted molar refractivity (Wildman–Crippen MR) is 92.0 cm³/mol. The maximum atomic E-state index is 12.1. The predicted octanol–water partition coefficient (Wildman–Crippen LogP) is 3.68. The van der Waals surface area contributed by atoms with E-state index in [-0.39, 0.29) is 24.1 Å². The van der Waals surface area contributed by atoms with E-state index in [1.54, 1.807) is 18.2 Å². The maximum Gasteiger partial charge on any atom is 0.155 e. The van der Waals surface area contributed by atoms with E-state index in [0.717, 1.165) is 29.7 Å². The number of para-hydroxylation sites is 1. The van der Waals surface area contributed by atoms with Gasteiger partial charge in [-0.3, -0.25) is 4.79 Å². The zero-order valence-corrected chi connectivity index (χ0v) is 13.4. The van der Waals surface area contributed by atoms with Gasteiger partial charge in [-0.1, -0.05) is 30.4 Å². The van der Waals surface area contributed by atoms with Gasteiger partial charge in [-0.05, 0) is 60.6 Å². The fraction of sp³-hybridized carbons (Fsp3) is 0.444. The van der Waals surface area contributed by atoms with Crippen LogP contribution in [-0.4, -0.2) is 27.5 Å². The molecule has 0 bridgehead atoms. The number of aliphatic hydroxyl groups is 1. The fourth-order valence-electron chi connectivity index (χ4n) is 2.89. The summed E-state index contributed by atoms with van der Waals surface area (Å²) in [6, 6.07) is 7.09. The molecule has 0 aromatic heterocycles. The van der Waals surface area contributed by atoms with Crippen LogP contribution in [0.4, 0.5) is 0 Å². The quantitative estimate of drug-likeness (QED) is 0.835. The van der Waals surface area contributed by atoms with Crippen molar-refractivity contribution in [2.24, 2.45) is 5.92 Å². The van der Waals surface area contributed by atoms with E-state index in [2.05, 4.69) is 0 Å². The number of thiocarbonyl (C=S) groups is 1. The van der Waals surface area contributed by atoms with Crippen molar-refractivity contribution in [3.05, 3.63) is 35.9 Å². The van der Waals surface area contributed by atoms with E-state index in [4.69, 9.17) is 12.2 Å². The highest BCUT2D eigenvalue weighted by molar-refractivity contribution is 7.80. The lowest BCUT2D eigenvalue weighted by Gasteiger charge is -2.20. The zero-order chi connectivity index (χ0) is 15.9. The van der Waals surface area contributed by atoms with Crippen LogP contribution in [0.1, 0.15) is 44.1 Å². The third-order valence-corrected chi connectivity index (χ3v) is 4.66. The molecule has 2 N–H and O–H groups in total. The SMILES string of the molecule is O=C1/C=C(/c2ccccc2O)CCC(CCO)C(=S)CCC1. The summed E-state index contributed by atoms with van der Waals surface area (Å²) in [5, 5.41) is 19.3. The van der Waals surface area contributed by atoms with Gasteiger partial charge in [-0.2, -0.15) is 0 Å². The minimum atomic E-state index is 0.0849. The van der Waals surface area contributed by atoms with Crippen LogP contribution in [0.5, 0.6) is 5.75 Å². The smallest absolute Gasteiger partial charge is 0.155 e. The Morgan fingerprint density at radius 2 is 1.95 bits per heavy atom. The van der Waals surface area contributed by atoms with E-state index in [9.17, 15) is 15.0 Å². The second-order valence-corrected chi connectivity index (χ2v) is 6.25. The molecule has 0 saturated carbocycles. The summed E-state index contributed by atoms with van der Waals surface area (Å²) in [6.07, 6.45) is 5.81. The second-order valence-electron chi connectivity index (χ2n) is 5.72. The van der Waals surface area contributed by atoms with Crippen molar-refractivity contribution in [3.63, 3.8) is 0 Å². The van der Waals surface area contributed by atoms with Crippen LogP contribution in [-0.2, 0) is 4.79 Å². The summed E-state index contributed by atoms with van der Waals surface area (Å²) in [4.78, 5) is 13.0. The number of hydrogen-bond acceptors (Lipinski definition) is 4. The molecule has 1 aliphatic rings. The minimum Gasteiger partial charge on any atom is -0.507 e. The minimum absolute atomic E-state index is 0.0849. The van der Waals surface area contributed by atoms with E-state index in [1.165, 1.54) is 0 Å². The Bertz CT molecular complexity index is 577. The van der Waals surface area contributed by atoms with Gasteiger partial charge in [-0.25, -0.2) is 0 Å². The van der Waals surface area contributed by atoms with Crippen molar-refractivity contribution >= 4 is 28.4 Å². The molecule has 0 spiro atoms. The Balaban J connectivity index is 2.28. The van der Waals surface area contributed by atoms with Gasteiger partial charge in [0, 0.05) is 18.6 Å². The first-order chi connectivity index (χ1) is 10.6. The number of ketones is 1. The molecule has 3 nitrogen and oxygen atoms in total. The van der Waals surface area contributed by atoms with Crippen molar-refractivity contribution in [1.82, 2.24) is 0 Å². The number of benzene rings is 1. The Morgan fingerprint density at radius 3 is 2.68 bits per heavy atom. The Morgan fingerprint density at radius 1 is 1.18 bits per heavy atom. The van der Waals surface area contributed by atoms with Gasteiger partial charge >= 0.3 is 0 Å². The van der Waals surface area contributed by atoms with Crippen LogP contribution >= 0.6 is 12.2 Å². The number of phenolic OH excluding ortho intramolecular Hbond substituents is 1. The third kappa shape index (κ3) is 4.49. The monoisotopic (exact) mass is 318 g/mol. The molecule has 0 radical (unpaired) electrons. The summed E-state index contributed by atoms with van der Waals surface area (Å²) in [5.74, 6) is 0.476. The Hall–Kier alpha value is -1.52. The van der Waals surface area contributed by atoms with Crippen LogP contribution < -0.4 is 0 Å². The Kier molecular flexibility index (Phi) is 6.28. The molecular weight excluding hydrogens is 296 g/mol. The number of phenols is 1. The van der Waals surface area contributed by atoms with E-state index in [1.807, 2.05) is 12.1 Å². The highest BCUT2D eigenvalue weighted by Gasteiger charge is 2.18. The van der Waals surface area contributed by atoms with Gasteiger partial charge < -0.3 is 10.2 Å². The molecule has 1 aromatic rings. The van der Waals surface area contributed by atoms with Crippen molar-refractivity contribution in [2.45, 2.75) is 38.5 Å². The second kappa shape index (κ2) is 8.20. The number of carbonyl (C=O) groups is 1. The number of rotatable bonds is 3. The molecule has 2 rings (SSSR count). The van der Waals surface area contributed by atoms with Gasteiger partial charge in [0.25, 0.3) is 0 Å². The number of carbonyl (C=O) groups excluding carboxylic acids is 1. The molecule has 0 fully saturated rings. The van der Waals surface area contributed by atoms with Gasteiger partial charge in [0.15, 0.2) is 5.78 Å². The first-order valence-electron chi connectivity index (χ1n) is 7.77.